The summed E-state index contributed by atoms with van der Waals surface area (Å²) in [4.78, 5) is 16.2. The van der Waals surface area contributed by atoms with Crippen LogP contribution in [0.2, 0.25) is 0 Å². The number of hydrogen-bond acceptors (Lipinski definition) is 6. The zero-order valence-corrected chi connectivity index (χ0v) is 17.6. The zero-order chi connectivity index (χ0) is 22.9. The highest BCUT2D eigenvalue weighted by Gasteiger charge is 2.30. The fourth-order valence-electron chi connectivity index (χ4n) is 3.73. The Kier molecular flexibility index (Phi) is 5.98. The molecule has 0 radical (unpaired) electrons. The van der Waals surface area contributed by atoms with Crippen molar-refractivity contribution in [3.63, 3.8) is 0 Å². The van der Waals surface area contributed by atoms with Crippen molar-refractivity contribution in [2.24, 2.45) is 5.73 Å². The van der Waals surface area contributed by atoms with Crippen LogP contribution < -0.4 is 11.1 Å². The smallest absolute Gasteiger partial charge is 0.383 e. The number of methoxy groups -OCH3 is 1. The van der Waals surface area contributed by atoms with Gasteiger partial charge in [0.15, 0.2) is 0 Å². The fourth-order valence-corrected chi connectivity index (χ4v) is 3.73. The van der Waals surface area contributed by atoms with Crippen LogP contribution in [0, 0.1) is 0 Å². The van der Waals surface area contributed by atoms with Crippen LogP contribution in [0.25, 0.3) is 32.9 Å². The average Bonchev–Trinajstić information content (AvgIpc) is 3.19. The zero-order valence-electron chi connectivity index (χ0n) is 17.6. The van der Waals surface area contributed by atoms with Gasteiger partial charge in [-0.15, -0.1) is 0 Å². The number of aromatic amines is 1. The molecule has 3 aromatic heterocycles. The number of anilines is 1. The number of aromatic nitrogens is 4. The summed E-state index contributed by atoms with van der Waals surface area (Å²) < 4.78 is 44.4. The molecule has 0 fully saturated rings. The number of benzene rings is 1. The number of hydrogen-bond donors (Lipinski definition) is 3. The third kappa shape index (κ3) is 4.23. The first-order valence-electron chi connectivity index (χ1n) is 10.1. The van der Waals surface area contributed by atoms with Crippen LogP contribution in [0.5, 0.6) is 0 Å². The standard InChI is InChI=1S/C22H23F3N6O/c1-3-18(17(26)11-32-2)30-21-29-8-12-7-27-9-16(20(12)31-21)15-10-28-19-6-13(22(23,24)25)4-5-14(15)19/h4-10,17-18,28H,3,11,26H2,1-2H3,(H,29,30,31). The fraction of sp³-hybridized carbons (Fsp3) is 0.318. The second-order valence-electron chi connectivity index (χ2n) is 7.56. The van der Waals surface area contributed by atoms with E-state index in [2.05, 4.69) is 25.3 Å². The minimum Gasteiger partial charge on any atom is -0.383 e. The lowest BCUT2D eigenvalue weighted by atomic mass is 10.0. The number of nitrogens with one attached hydrogen (secondary N) is 2. The van der Waals surface area contributed by atoms with E-state index in [0.717, 1.165) is 18.6 Å². The number of halogens is 3. The Morgan fingerprint density at radius 2 is 2.00 bits per heavy atom. The Balaban J connectivity index is 1.76. The van der Waals surface area contributed by atoms with E-state index in [9.17, 15) is 13.2 Å². The predicted molar refractivity (Wildman–Crippen MR) is 117 cm³/mol. The van der Waals surface area contributed by atoms with E-state index in [0.29, 0.717) is 45.5 Å². The molecular weight excluding hydrogens is 421 g/mol. The third-order valence-corrected chi connectivity index (χ3v) is 5.42. The number of rotatable bonds is 7. The van der Waals surface area contributed by atoms with E-state index < -0.39 is 11.7 Å². The molecule has 4 aromatic rings. The lowest BCUT2D eigenvalue weighted by molar-refractivity contribution is -0.137. The molecule has 0 spiro atoms. The van der Waals surface area contributed by atoms with Gasteiger partial charge in [0, 0.05) is 71.4 Å². The molecule has 2 atom stereocenters. The quantitative estimate of drug-likeness (QED) is 0.392. The SMILES string of the molecule is CCC(Nc1ncc2cncc(-c3c[nH]c4cc(C(F)(F)F)ccc34)c2n1)C(N)COC. The Bertz CT molecular complexity index is 1240. The number of H-pyrrole nitrogens is 1. The highest BCUT2D eigenvalue weighted by atomic mass is 19.4. The summed E-state index contributed by atoms with van der Waals surface area (Å²) in [6.45, 7) is 2.40. The molecule has 0 aliphatic carbocycles. The Labute approximate surface area is 182 Å². The van der Waals surface area contributed by atoms with Gasteiger partial charge in [0.25, 0.3) is 0 Å². The summed E-state index contributed by atoms with van der Waals surface area (Å²) in [5.41, 5.74) is 7.88. The minimum atomic E-state index is -4.41. The maximum absolute atomic E-state index is 13.1. The first kappa shape index (κ1) is 22.0. The summed E-state index contributed by atoms with van der Waals surface area (Å²) in [5.74, 6) is 0.405. The van der Waals surface area contributed by atoms with Gasteiger partial charge in [-0.05, 0) is 18.6 Å². The van der Waals surface area contributed by atoms with Crippen LogP contribution in [0.15, 0.2) is 43.0 Å². The highest BCUT2D eigenvalue weighted by molar-refractivity contribution is 6.03. The van der Waals surface area contributed by atoms with Crippen molar-refractivity contribution >= 4 is 27.8 Å². The van der Waals surface area contributed by atoms with Crippen LogP contribution in [0.1, 0.15) is 18.9 Å². The molecule has 0 amide bonds. The molecule has 0 bridgehead atoms. The molecule has 4 rings (SSSR count). The van der Waals surface area contributed by atoms with Crippen LogP contribution in [-0.4, -0.2) is 45.7 Å². The van der Waals surface area contributed by atoms with Crippen molar-refractivity contribution in [3.05, 3.63) is 48.5 Å². The van der Waals surface area contributed by atoms with Crippen molar-refractivity contribution in [1.29, 1.82) is 0 Å². The molecule has 0 aliphatic rings. The van der Waals surface area contributed by atoms with E-state index in [-0.39, 0.29) is 12.1 Å². The van der Waals surface area contributed by atoms with Crippen molar-refractivity contribution in [3.8, 4) is 11.1 Å². The van der Waals surface area contributed by atoms with Gasteiger partial charge in [0.2, 0.25) is 5.95 Å². The summed E-state index contributed by atoms with van der Waals surface area (Å²) in [5, 5.41) is 4.62. The molecule has 4 N–H and O–H groups in total. The molecule has 3 heterocycles. The Morgan fingerprint density at radius 1 is 1.19 bits per heavy atom. The van der Waals surface area contributed by atoms with E-state index in [1.165, 1.54) is 6.07 Å². The normalized spacial score (nSPS) is 14.1. The molecule has 7 nitrogen and oxygen atoms in total. The number of nitrogens with two attached hydrogens (primary N) is 1. The van der Waals surface area contributed by atoms with Gasteiger partial charge >= 0.3 is 6.18 Å². The largest absolute Gasteiger partial charge is 0.416 e. The first-order valence-corrected chi connectivity index (χ1v) is 10.1. The Morgan fingerprint density at radius 3 is 2.72 bits per heavy atom. The topological polar surface area (TPSA) is 102 Å². The Hall–Kier alpha value is -3.24. The van der Waals surface area contributed by atoms with Crippen molar-refractivity contribution < 1.29 is 17.9 Å². The second kappa shape index (κ2) is 8.71. The van der Waals surface area contributed by atoms with Gasteiger partial charge in [-0.2, -0.15) is 13.2 Å². The lowest BCUT2D eigenvalue weighted by Gasteiger charge is -2.23. The molecule has 0 saturated heterocycles. The summed E-state index contributed by atoms with van der Waals surface area (Å²) >= 11 is 0. The van der Waals surface area contributed by atoms with Crippen LogP contribution in [0.3, 0.4) is 0 Å². The van der Waals surface area contributed by atoms with Crippen LogP contribution in [0.4, 0.5) is 19.1 Å². The van der Waals surface area contributed by atoms with E-state index in [4.69, 9.17) is 10.5 Å². The molecule has 10 heteroatoms. The predicted octanol–water partition coefficient (Wildman–Crippen LogP) is 4.36. The third-order valence-electron chi connectivity index (χ3n) is 5.42. The minimum absolute atomic E-state index is 0.0911. The summed E-state index contributed by atoms with van der Waals surface area (Å²) in [6.07, 6.45) is 2.96. The number of pyridine rings is 1. The molecule has 1 aromatic carbocycles. The summed E-state index contributed by atoms with van der Waals surface area (Å²) in [7, 11) is 1.59. The molecule has 168 valence electrons. The highest BCUT2D eigenvalue weighted by Crippen LogP contribution is 2.36. The van der Waals surface area contributed by atoms with Crippen LogP contribution >= 0.6 is 0 Å². The molecular formula is C22H23F3N6O. The van der Waals surface area contributed by atoms with Gasteiger partial charge in [-0.25, -0.2) is 9.97 Å². The van der Waals surface area contributed by atoms with Gasteiger partial charge in [0.05, 0.1) is 17.7 Å². The van der Waals surface area contributed by atoms with Crippen molar-refractivity contribution in [1.82, 2.24) is 19.9 Å². The van der Waals surface area contributed by atoms with Crippen molar-refractivity contribution in [2.45, 2.75) is 31.6 Å². The lowest BCUT2D eigenvalue weighted by Crippen LogP contribution is -2.43. The van der Waals surface area contributed by atoms with Gasteiger partial charge in [-0.1, -0.05) is 13.0 Å². The maximum Gasteiger partial charge on any atom is 0.416 e. The van der Waals surface area contributed by atoms with Gasteiger partial charge in [-0.3, -0.25) is 4.98 Å². The maximum atomic E-state index is 13.1. The molecule has 2 unspecified atom stereocenters. The average molecular weight is 444 g/mol. The molecule has 0 aliphatic heterocycles. The summed E-state index contributed by atoms with van der Waals surface area (Å²) in [6, 6.07) is 3.30. The second-order valence-corrected chi connectivity index (χ2v) is 7.56. The van der Waals surface area contributed by atoms with Crippen molar-refractivity contribution in [2.75, 3.05) is 19.0 Å². The van der Waals surface area contributed by atoms with E-state index in [1.807, 2.05) is 6.92 Å². The van der Waals surface area contributed by atoms with E-state index >= 15 is 0 Å². The molecule has 0 saturated carbocycles. The number of fused-ring (bicyclic) bond motifs is 2. The van der Waals surface area contributed by atoms with Gasteiger partial charge < -0.3 is 20.8 Å². The van der Waals surface area contributed by atoms with Crippen LogP contribution in [-0.2, 0) is 10.9 Å². The van der Waals surface area contributed by atoms with Gasteiger partial charge in [0.1, 0.15) is 0 Å². The monoisotopic (exact) mass is 444 g/mol. The molecule has 32 heavy (non-hydrogen) atoms. The van der Waals surface area contributed by atoms with E-state index in [1.54, 1.807) is 31.9 Å². The number of ether oxygens (including phenoxy) is 1. The number of nitrogens with zero attached hydrogens (tertiary/aromatic N) is 3. The first-order chi connectivity index (χ1) is 15.3. The number of alkyl halides is 3.